The zero-order valence-corrected chi connectivity index (χ0v) is 17.5. The van der Waals surface area contributed by atoms with Crippen molar-refractivity contribution < 1.29 is 9.59 Å². The van der Waals surface area contributed by atoms with Crippen LogP contribution in [0.3, 0.4) is 0 Å². The Morgan fingerprint density at radius 2 is 1.79 bits per heavy atom. The standard InChI is InChI=1S/C22H31N3O2.ClH/c1-16-2-4-17(5-3-16)15-24-20(26)18-6-12-25(13-7-18)21(27)19-14-22(19)8-10-23-11-9-22;/h2-5,18-19,23H,6-15H2,1H3,(H,24,26);1H. The van der Waals surface area contributed by atoms with Crippen LogP contribution < -0.4 is 10.6 Å². The third-order valence-electron chi connectivity index (χ3n) is 6.85. The summed E-state index contributed by atoms with van der Waals surface area (Å²) in [7, 11) is 0. The van der Waals surface area contributed by atoms with Crippen LogP contribution in [0.5, 0.6) is 0 Å². The van der Waals surface area contributed by atoms with Crippen molar-refractivity contribution in [2.75, 3.05) is 26.2 Å². The molecule has 0 radical (unpaired) electrons. The molecule has 0 bridgehead atoms. The molecule has 0 aromatic heterocycles. The van der Waals surface area contributed by atoms with Crippen LogP contribution in [0.4, 0.5) is 0 Å². The van der Waals surface area contributed by atoms with Gasteiger partial charge in [-0.15, -0.1) is 12.4 Å². The summed E-state index contributed by atoms with van der Waals surface area (Å²) in [5.74, 6) is 0.748. The van der Waals surface area contributed by atoms with E-state index in [4.69, 9.17) is 0 Å². The first kappa shape index (κ1) is 21.1. The van der Waals surface area contributed by atoms with Crippen LogP contribution in [0.15, 0.2) is 24.3 Å². The quantitative estimate of drug-likeness (QED) is 0.809. The number of benzene rings is 1. The number of rotatable bonds is 4. The molecule has 2 amide bonds. The van der Waals surface area contributed by atoms with E-state index in [0.717, 1.165) is 63.8 Å². The minimum absolute atomic E-state index is 0. The van der Waals surface area contributed by atoms with Gasteiger partial charge in [-0.1, -0.05) is 29.8 Å². The van der Waals surface area contributed by atoms with Crippen LogP contribution in [0.25, 0.3) is 0 Å². The monoisotopic (exact) mass is 405 g/mol. The maximum Gasteiger partial charge on any atom is 0.226 e. The molecule has 1 spiro atoms. The van der Waals surface area contributed by atoms with E-state index in [-0.39, 0.29) is 30.2 Å². The van der Waals surface area contributed by atoms with Gasteiger partial charge in [0.05, 0.1) is 0 Å². The SMILES string of the molecule is Cc1ccc(CNC(=O)C2CCN(C(=O)C3CC34CCNCC4)CC2)cc1.Cl. The van der Waals surface area contributed by atoms with Crippen molar-refractivity contribution in [1.82, 2.24) is 15.5 Å². The predicted octanol–water partition coefficient (Wildman–Crippen LogP) is 2.66. The molecule has 1 saturated carbocycles. The average molecular weight is 406 g/mol. The third kappa shape index (κ3) is 4.52. The molecule has 1 unspecified atom stereocenters. The molecule has 2 heterocycles. The van der Waals surface area contributed by atoms with E-state index < -0.39 is 0 Å². The van der Waals surface area contributed by atoms with E-state index in [1.807, 2.05) is 4.90 Å². The molecular weight excluding hydrogens is 374 g/mol. The molecule has 3 fully saturated rings. The van der Waals surface area contributed by atoms with E-state index in [2.05, 4.69) is 41.8 Å². The molecule has 28 heavy (non-hydrogen) atoms. The van der Waals surface area contributed by atoms with Gasteiger partial charge in [-0.05, 0) is 63.1 Å². The van der Waals surface area contributed by atoms with Crippen molar-refractivity contribution in [3.05, 3.63) is 35.4 Å². The lowest BCUT2D eigenvalue weighted by molar-refractivity contribution is -0.137. The van der Waals surface area contributed by atoms with Crippen molar-refractivity contribution in [3.8, 4) is 0 Å². The second-order valence-electron chi connectivity index (χ2n) is 8.67. The summed E-state index contributed by atoms with van der Waals surface area (Å²) in [6.45, 7) is 6.20. The second kappa shape index (κ2) is 8.83. The lowest BCUT2D eigenvalue weighted by Gasteiger charge is -2.32. The van der Waals surface area contributed by atoms with E-state index >= 15 is 0 Å². The summed E-state index contributed by atoms with van der Waals surface area (Å²) in [6, 6.07) is 8.25. The molecule has 5 nitrogen and oxygen atoms in total. The topological polar surface area (TPSA) is 61.4 Å². The fourth-order valence-corrected chi connectivity index (χ4v) is 4.80. The molecule has 6 heteroatoms. The van der Waals surface area contributed by atoms with Gasteiger partial charge in [0, 0.05) is 31.5 Å². The third-order valence-corrected chi connectivity index (χ3v) is 6.85. The van der Waals surface area contributed by atoms with Gasteiger partial charge in [-0.3, -0.25) is 9.59 Å². The summed E-state index contributed by atoms with van der Waals surface area (Å²) < 4.78 is 0. The molecule has 1 aromatic rings. The maximum absolute atomic E-state index is 12.9. The zero-order valence-electron chi connectivity index (χ0n) is 16.7. The zero-order chi connectivity index (χ0) is 18.9. The summed E-state index contributed by atoms with van der Waals surface area (Å²) in [6.07, 6.45) is 4.92. The second-order valence-corrected chi connectivity index (χ2v) is 8.67. The smallest absolute Gasteiger partial charge is 0.226 e. The first-order valence-corrected chi connectivity index (χ1v) is 10.4. The number of carbonyl (C=O) groups is 2. The lowest BCUT2D eigenvalue weighted by atomic mass is 9.90. The molecule has 3 aliphatic rings. The molecule has 1 aliphatic carbocycles. The van der Waals surface area contributed by atoms with E-state index in [9.17, 15) is 9.59 Å². The highest BCUT2D eigenvalue weighted by Gasteiger charge is 2.58. The molecule has 2 saturated heterocycles. The Bertz CT molecular complexity index is 692. The van der Waals surface area contributed by atoms with E-state index in [0.29, 0.717) is 17.9 Å². The van der Waals surface area contributed by atoms with Gasteiger partial charge in [-0.25, -0.2) is 0 Å². The van der Waals surface area contributed by atoms with Crippen molar-refractivity contribution >= 4 is 24.2 Å². The number of hydrogen-bond acceptors (Lipinski definition) is 3. The van der Waals surface area contributed by atoms with Gasteiger partial charge >= 0.3 is 0 Å². The number of nitrogens with one attached hydrogen (secondary N) is 2. The van der Waals surface area contributed by atoms with Crippen molar-refractivity contribution in [2.24, 2.45) is 17.3 Å². The molecule has 1 aromatic carbocycles. The van der Waals surface area contributed by atoms with Crippen LogP contribution in [0.1, 0.15) is 43.2 Å². The Kier molecular flexibility index (Phi) is 6.66. The highest BCUT2D eigenvalue weighted by Crippen LogP contribution is 2.59. The fraction of sp³-hybridized carbons (Fsp3) is 0.636. The van der Waals surface area contributed by atoms with Crippen molar-refractivity contribution in [1.29, 1.82) is 0 Å². The van der Waals surface area contributed by atoms with Gasteiger partial charge in [0.2, 0.25) is 11.8 Å². The molecular formula is C22H32ClN3O2. The van der Waals surface area contributed by atoms with Crippen molar-refractivity contribution in [3.63, 3.8) is 0 Å². The van der Waals surface area contributed by atoms with Gasteiger partial charge in [-0.2, -0.15) is 0 Å². The minimum Gasteiger partial charge on any atom is -0.352 e. The van der Waals surface area contributed by atoms with E-state index in [1.54, 1.807) is 0 Å². The number of amides is 2. The van der Waals surface area contributed by atoms with Gasteiger partial charge in [0.15, 0.2) is 0 Å². The van der Waals surface area contributed by atoms with Crippen molar-refractivity contribution in [2.45, 2.75) is 45.6 Å². The molecule has 2 N–H and O–H groups in total. The highest BCUT2D eigenvalue weighted by molar-refractivity contribution is 5.85. The largest absolute Gasteiger partial charge is 0.352 e. The van der Waals surface area contributed by atoms with Gasteiger partial charge < -0.3 is 15.5 Å². The Hall–Kier alpha value is -1.59. The number of carbonyl (C=O) groups excluding carboxylic acids is 2. The number of halogens is 1. The molecule has 154 valence electrons. The Balaban J connectivity index is 0.00000225. The fourth-order valence-electron chi connectivity index (χ4n) is 4.80. The first-order valence-electron chi connectivity index (χ1n) is 10.4. The Morgan fingerprint density at radius 3 is 2.43 bits per heavy atom. The van der Waals surface area contributed by atoms with Crippen LogP contribution >= 0.6 is 12.4 Å². The van der Waals surface area contributed by atoms with Crippen LogP contribution in [-0.4, -0.2) is 42.9 Å². The number of nitrogens with zero attached hydrogens (tertiary/aromatic N) is 1. The number of hydrogen-bond donors (Lipinski definition) is 2. The number of aryl methyl sites for hydroxylation is 1. The van der Waals surface area contributed by atoms with E-state index in [1.165, 1.54) is 5.56 Å². The van der Waals surface area contributed by atoms with Crippen LogP contribution in [0, 0.1) is 24.2 Å². The summed E-state index contributed by atoms with van der Waals surface area (Å²) in [4.78, 5) is 27.4. The molecule has 2 aliphatic heterocycles. The molecule has 4 rings (SSSR count). The highest BCUT2D eigenvalue weighted by atomic mass is 35.5. The van der Waals surface area contributed by atoms with Gasteiger partial charge in [0.25, 0.3) is 0 Å². The predicted molar refractivity (Wildman–Crippen MR) is 112 cm³/mol. The van der Waals surface area contributed by atoms with Crippen LogP contribution in [-0.2, 0) is 16.1 Å². The van der Waals surface area contributed by atoms with Gasteiger partial charge in [0.1, 0.15) is 0 Å². The Labute approximate surface area is 174 Å². The summed E-state index contributed by atoms with van der Waals surface area (Å²) >= 11 is 0. The first-order chi connectivity index (χ1) is 13.1. The van der Waals surface area contributed by atoms with Crippen LogP contribution in [0.2, 0.25) is 0 Å². The molecule has 1 atom stereocenters. The Morgan fingerprint density at radius 1 is 1.14 bits per heavy atom. The summed E-state index contributed by atoms with van der Waals surface area (Å²) in [5.41, 5.74) is 2.65. The number of likely N-dealkylation sites (tertiary alicyclic amines) is 1. The average Bonchev–Trinajstić information content (AvgIpc) is 3.40. The summed E-state index contributed by atoms with van der Waals surface area (Å²) in [5, 5.41) is 6.46. The maximum atomic E-state index is 12.9. The number of piperidine rings is 2. The normalized spacial score (nSPS) is 23.8. The minimum atomic E-state index is 0. The lowest BCUT2D eigenvalue weighted by Crippen LogP contribution is -2.44.